The second kappa shape index (κ2) is 6.23. The van der Waals surface area contributed by atoms with E-state index in [0.717, 1.165) is 54.4 Å². The lowest BCUT2D eigenvalue weighted by Crippen LogP contribution is -2.15. The van der Waals surface area contributed by atoms with E-state index in [0.29, 0.717) is 0 Å². The minimum absolute atomic E-state index is 0.767. The molecule has 0 unspecified atom stereocenters. The molecule has 1 aromatic heterocycles. The highest BCUT2D eigenvalue weighted by atomic mass is 16.5. The highest BCUT2D eigenvalue weighted by molar-refractivity contribution is 5.85. The van der Waals surface area contributed by atoms with Gasteiger partial charge < -0.3 is 10.1 Å². The number of ether oxygens (including phenoxy) is 1. The summed E-state index contributed by atoms with van der Waals surface area (Å²) < 4.78 is 6.02. The van der Waals surface area contributed by atoms with E-state index in [1.807, 2.05) is 12.1 Å². The van der Waals surface area contributed by atoms with Gasteiger partial charge in [-0.2, -0.15) is 0 Å². The minimum Gasteiger partial charge on any atom is -0.493 e. The van der Waals surface area contributed by atoms with Gasteiger partial charge in [-0.1, -0.05) is 19.1 Å². The molecule has 0 radical (unpaired) electrons. The zero-order valence-electron chi connectivity index (χ0n) is 12.1. The first-order valence-electron chi connectivity index (χ1n) is 7.59. The molecule has 0 aliphatic heterocycles. The van der Waals surface area contributed by atoms with Crippen molar-refractivity contribution in [2.75, 3.05) is 13.2 Å². The lowest BCUT2D eigenvalue weighted by Gasteiger charge is -2.11. The first kappa shape index (κ1) is 13.4. The molecule has 3 nitrogen and oxygen atoms in total. The molecule has 0 bridgehead atoms. The van der Waals surface area contributed by atoms with Crippen LogP contribution in [0.2, 0.25) is 0 Å². The summed E-state index contributed by atoms with van der Waals surface area (Å²) in [7, 11) is 0. The predicted molar refractivity (Wildman–Crippen MR) is 82.0 cm³/mol. The fourth-order valence-corrected chi connectivity index (χ4v) is 2.29. The average molecular weight is 270 g/mol. The summed E-state index contributed by atoms with van der Waals surface area (Å²) in [6.45, 7) is 4.84. The van der Waals surface area contributed by atoms with Crippen LogP contribution < -0.4 is 10.1 Å². The fourth-order valence-electron chi connectivity index (χ4n) is 2.29. The van der Waals surface area contributed by atoms with Gasteiger partial charge in [0.15, 0.2) is 0 Å². The molecule has 0 atom stereocenters. The molecule has 1 saturated carbocycles. The van der Waals surface area contributed by atoms with Gasteiger partial charge in [0.1, 0.15) is 5.75 Å². The van der Waals surface area contributed by atoms with Gasteiger partial charge in [-0.25, -0.2) is 0 Å². The van der Waals surface area contributed by atoms with Crippen molar-refractivity contribution in [3.63, 3.8) is 0 Å². The average Bonchev–Trinajstić information content (AvgIpc) is 3.29. The number of benzene rings is 1. The molecular formula is C17H22N2O. The smallest absolute Gasteiger partial charge is 0.130 e. The van der Waals surface area contributed by atoms with Crippen LogP contribution in [0.25, 0.3) is 10.9 Å². The Morgan fingerprint density at radius 1 is 1.30 bits per heavy atom. The van der Waals surface area contributed by atoms with Gasteiger partial charge in [0.05, 0.1) is 17.8 Å². The third-order valence-electron chi connectivity index (χ3n) is 3.64. The zero-order chi connectivity index (χ0) is 13.8. The van der Waals surface area contributed by atoms with Crippen LogP contribution in [0.4, 0.5) is 0 Å². The number of nitrogens with zero attached hydrogens (tertiary/aromatic N) is 1. The Morgan fingerprint density at radius 2 is 2.15 bits per heavy atom. The van der Waals surface area contributed by atoms with Crippen LogP contribution in [0.15, 0.2) is 30.3 Å². The highest BCUT2D eigenvalue weighted by Gasteiger charge is 2.22. The second-order valence-corrected chi connectivity index (χ2v) is 5.56. The fraction of sp³-hybridized carbons (Fsp3) is 0.471. The number of hydrogen-bond acceptors (Lipinski definition) is 3. The lowest BCUT2D eigenvalue weighted by atomic mass is 10.2. The van der Waals surface area contributed by atoms with Gasteiger partial charge in [-0.3, -0.25) is 4.98 Å². The van der Waals surface area contributed by atoms with Crippen LogP contribution in [0.5, 0.6) is 5.75 Å². The summed E-state index contributed by atoms with van der Waals surface area (Å²) in [6, 6.07) is 10.3. The van der Waals surface area contributed by atoms with Crippen LogP contribution in [-0.2, 0) is 6.54 Å². The van der Waals surface area contributed by atoms with Gasteiger partial charge in [0.2, 0.25) is 0 Å². The Labute approximate surface area is 120 Å². The van der Waals surface area contributed by atoms with Gasteiger partial charge in [-0.05, 0) is 43.9 Å². The predicted octanol–water partition coefficient (Wildman–Crippen LogP) is 3.52. The molecule has 106 valence electrons. The molecule has 3 heteroatoms. The number of hydrogen-bond donors (Lipinski definition) is 1. The summed E-state index contributed by atoms with van der Waals surface area (Å²) in [6.07, 6.45) is 3.76. The number of nitrogens with one attached hydrogen (secondary N) is 1. The largest absolute Gasteiger partial charge is 0.493 e. The van der Waals surface area contributed by atoms with E-state index in [-0.39, 0.29) is 0 Å². The van der Waals surface area contributed by atoms with E-state index < -0.39 is 0 Å². The van der Waals surface area contributed by atoms with Crippen molar-refractivity contribution in [1.29, 1.82) is 0 Å². The summed E-state index contributed by atoms with van der Waals surface area (Å²) in [5, 5.41) is 4.52. The van der Waals surface area contributed by atoms with E-state index in [1.165, 1.54) is 12.8 Å². The zero-order valence-corrected chi connectivity index (χ0v) is 12.1. The number of para-hydroxylation sites is 1. The maximum absolute atomic E-state index is 6.02. The first-order chi connectivity index (χ1) is 9.86. The van der Waals surface area contributed by atoms with E-state index in [2.05, 4.69) is 30.4 Å². The van der Waals surface area contributed by atoms with Crippen molar-refractivity contribution in [1.82, 2.24) is 10.3 Å². The van der Waals surface area contributed by atoms with Gasteiger partial charge in [-0.15, -0.1) is 0 Å². The molecule has 20 heavy (non-hydrogen) atoms. The molecule has 0 amide bonds. The summed E-state index contributed by atoms with van der Waals surface area (Å²) in [5.74, 6) is 1.75. The molecular weight excluding hydrogens is 248 g/mol. The number of aromatic nitrogens is 1. The van der Waals surface area contributed by atoms with Gasteiger partial charge in [0, 0.05) is 18.0 Å². The van der Waals surface area contributed by atoms with Crippen molar-refractivity contribution < 1.29 is 4.74 Å². The molecule has 0 spiro atoms. The standard InChI is InChI=1S/C17H22N2O/c1-2-9-18-11-14-10-17(20-12-13-7-8-13)15-5-3-4-6-16(15)19-14/h3-6,10,13,18H,2,7-9,11-12H2,1H3. The molecule has 1 N–H and O–H groups in total. The Hall–Kier alpha value is -1.61. The normalized spacial score (nSPS) is 14.7. The minimum atomic E-state index is 0.767. The van der Waals surface area contributed by atoms with E-state index in [9.17, 15) is 0 Å². The maximum atomic E-state index is 6.02. The van der Waals surface area contributed by atoms with E-state index in [4.69, 9.17) is 9.72 Å². The maximum Gasteiger partial charge on any atom is 0.130 e. The van der Waals surface area contributed by atoms with Crippen molar-refractivity contribution >= 4 is 10.9 Å². The summed E-state index contributed by atoms with van der Waals surface area (Å²) >= 11 is 0. The quantitative estimate of drug-likeness (QED) is 0.782. The van der Waals surface area contributed by atoms with Crippen molar-refractivity contribution in [3.8, 4) is 5.75 Å². The first-order valence-corrected chi connectivity index (χ1v) is 7.59. The lowest BCUT2D eigenvalue weighted by molar-refractivity contribution is 0.302. The Morgan fingerprint density at radius 3 is 2.95 bits per heavy atom. The third-order valence-corrected chi connectivity index (χ3v) is 3.64. The molecule has 2 aromatic rings. The Bertz CT molecular complexity index is 578. The SMILES string of the molecule is CCCNCc1cc(OCC2CC2)c2ccccc2n1. The topological polar surface area (TPSA) is 34.1 Å². The number of pyridine rings is 1. The van der Waals surface area contributed by atoms with Crippen LogP contribution in [-0.4, -0.2) is 18.1 Å². The highest BCUT2D eigenvalue weighted by Crippen LogP contribution is 2.31. The van der Waals surface area contributed by atoms with E-state index in [1.54, 1.807) is 0 Å². The van der Waals surface area contributed by atoms with Gasteiger partial charge in [0.25, 0.3) is 0 Å². The monoisotopic (exact) mass is 270 g/mol. The van der Waals surface area contributed by atoms with Crippen molar-refractivity contribution in [2.45, 2.75) is 32.7 Å². The molecule has 1 fully saturated rings. The van der Waals surface area contributed by atoms with Crippen LogP contribution in [0.3, 0.4) is 0 Å². The Kier molecular flexibility index (Phi) is 4.16. The molecule has 1 aliphatic rings. The van der Waals surface area contributed by atoms with Crippen LogP contribution in [0.1, 0.15) is 31.9 Å². The summed E-state index contributed by atoms with van der Waals surface area (Å²) in [4.78, 5) is 4.71. The molecule has 1 aliphatic carbocycles. The van der Waals surface area contributed by atoms with Gasteiger partial charge >= 0.3 is 0 Å². The third kappa shape index (κ3) is 3.28. The molecule has 1 aromatic carbocycles. The molecule has 1 heterocycles. The van der Waals surface area contributed by atoms with E-state index >= 15 is 0 Å². The number of fused-ring (bicyclic) bond motifs is 1. The van der Waals surface area contributed by atoms with Crippen molar-refractivity contribution in [2.24, 2.45) is 5.92 Å². The number of rotatable bonds is 7. The second-order valence-electron chi connectivity index (χ2n) is 5.56. The summed E-state index contributed by atoms with van der Waals surface area (Å²) in [5.41, 5.74) is 2.08. The van der Waals surface area contributed by atoms with Crippen LogP contribution >= 0.6 is 0 Å². The van der Waals surface area contributed by atoms with Crippen LogP contribution in [0, 0.1) is 5.92 Å². The Balaban J connectivity index is 1.83. The van der Waals surface area contributed by atoms with Crippen molar-refractivity contribution in [3.05, 3.63) is 36.0 Å². The molecule has 3 rings (SSSR count). The molecule has 0 saturated heterocycles.